The number of hydrogen-bond acceptors (Lipinski definition) is 5. The first-order chi connectivity index (χ1) is 13.9. The van der Waals surface area contributed by atoms with Gasteiger partial charge < -0.3 is 9.32 Å². The number of benzene rings is 1. The zero-order valence-electron chi connectivity index (χ0n) is 15.9. The average Bonchev–Trinajstić information content (AvgIpc) is 3.25. The zero-order valence-corrected chi connectivity index (χ0v) is 16.7. The largest absolute Gasteiger partial charge is 0.468 e. The maximum atomic E-state index is 12.3. The Hall–Kier alpha value is -3.23. The second-order valence-electron chi connectivity index (χ2n) is 6.36. The number of aromatic nitrogens is 1. The molecule has 0 saturated carbocycles. The number of carbonyl (C=O) groups is 1. The zero-order chi connectivity index (χ0) is 20.7. The van der Waals surface area contributed by atoms with Crippen LogP contribution in [0.4, 0.5) is 0 Å². The van der Waals surface area contributed by atoms with Crippen LogP contribution >= 0.6 is 0 Å². The molecule has 8 heteroatoms. The van der Waals surface area contributed by atoms with Crippen molar-refractivity contribution < 1.29 is 17.6 Å². The van der Waals surface area contributed by atoms with Gasteiger partial charge in [-0.1, -0.05) is 18.2 Å². The number of pyridine rings is 1. The van der Waals surface area contributed by atoms with Gasteiger partial charge in [0.05, 0.1) is 17.7 Å². The van der Waals surface area contributed by atoms with Gasteiger partial charge in [0.2, 0.25) is 15.9 Å². The van der Waals surface area contributed by atoms with Crippen molar-refractivity contribution in [1.82, 2.24) is 14.6 Å². The highest BCUT2D eigenvalue weighted by molar-refractivity contribution is 7.89. The van der Waals surface area contributed by atoms with E-state index in [-0.39, 0.29) is 17.3 Å². The predicted molar refractivity (Wildman–Crippen MR) is 109 cm³/mol. The molecule has 0 aliphatic heterocycles. The molecule has 0 aliphatic rings. The van der Waals surface area contributed by atoms with E-state index in [1.165, 1.54) is 24.5 Å². The molecule has 150 valence electrons. The van der Waals surface area contributed by atoms with Gasteiger partial charge in [0.15, 0.2) is 0 Å². The summed E-state index contributed by atoms with van der Waals surface area (Å²) in [5.74, 6) is 0.368. The van der Waals surface area contributed by atoms with Crippen molar-refractivity contribution in [3.63, 3.8) is 0 Å². The molecule has 0 aliphatic carbocycles. The molecule has 0 bridgehead atoms. The van der Waals surface area contributed by atoms with Crippen LogP contribution in [0.2, 0.25) is 0 Å². The lowest BCUT2D eigenvalue weighted by atomic mass is 10.2. The molecule has 29 heavy (non-hydrogen) atoms. The first-order valence-electron chi connectivity index (χ1n) is 8.88. The molecule has 3 rings (SSSR count). The Morgan fingerprint density at radius 2 is 1.97 bits per heavy atom. The molecule has 2 heterocycles. The monoisotopic (exact) mass is 411 g/mol. The molecule has 0 saturated heterocycles. The molecule has 0 spiro atoms. The molecule has 1 N–H and O–H groups in total. The summed E-state index contributed by atoms with van der Waals surface area (Å²) in [6, 6.07) is 13.4. The molecule has 7 nitrogen and oxygen atoms in total. The summed E-state index contributed by atoms with van der Waals surface area (Å²) in [6.45, 7) is 0.532. The summed E-state index contributed by atoms with van der Waals surface area (Å²) < 4.78 is 32.3. The summed E-state index contributed by atoms with van der Waals surface area (Å²) >= 11 is 0. The Morgan fingerprint density at radius 3 is 2.62 bits per heavy atom. The SMILES string of the molecule is CN(Cc1cccnc1)C(=O)/C=C/c1ccc(S(=O)(=O)NCc2ccco2)cc1. The number of carbonyl (C=O) groups excluding carboxylic acids is 1. The van der Waals surface area contributed by atoms with Crippen molar-refractivity contribution in [3.8, 4) is 0 Å². The molecule has 0 unspecified atom stereocenters. The Kier molecular flexibility index (Phi) is 6.58. The van der Waals surface area contributed by atoms with Gasteiger partial charge in [0.25, 0.3) is 0 Å². The number of amides is 1. The van der Waals surface area contributed by atoms with E-state index in [4.69, 9.17) is 4.42 Å². The lowest BCUT2D eigenvalue weighted by Gasteiger charge is -2.14. The van der Waals surface area contributed by atoms with E-state index >= 15 is 0 Å². The number of likely N-dealkylation sites (N-methyl/N-ethyl adjacent to an activating group) is 1. The summed E-state index contributed by atoms with van der Waals surface area (Å²) in [7, 11) is -1.94. The van der Waals surface area contributed by atoms with Crippen LogP contribution in [0.5, 0.6) is 0 Å². The third-order valence-corrected chi connectivity index (χ3v) is 5.56. The van der Waals surface area contributed by atoms with Crippen LogP contribution in [0.25, 0.3) is 6.08 Å². The maximum Gasteiger partial charge on any atom is 0.246 e. The summed E-state index contributed by atoms with van der Waals surface area (Å²) in [5.41, 5.74) is 1.66. The third kappa shape index (κ3) is 5.87. The smallest absolute Gasteiger partial charge is 0.246 e. The second-order valence-corrected chi connectivity index (χ2v) is 8.13. The van der Waals surface area contributed by atoms with E-state index in [1.807, 2.05) is 12.1 Å². The fourth-order valence-electron chi connectivity index (χ4n) is 2.56. The first kappa shape index (κ1) is 20.5. The quantitative estimate of drug-likeness (QED) is 0.576. The van der Waals surface area contributed by atoms with Crippen molar-refractivity contribution in [2.24, 2.45) is 0 Å². The van der Waals surface area contributed by atoms with Crippen molar-refractivity contribution in [2.75, 3.05) is 7.05 Å². The normalized spacial score (nSPS) is 11.6. The molecule has 1 aromatic carbocycles. The predicted octanol–water partition coefficient (Wildman–Crippen LogP) is 2.82. The summed E-state index contributed by atoms with van der Waals surface area (Å²) in [4.78, 5) is 18.0. The van der Waals surface area contributed by atoms with Gasteiger partial charge in [-0.15, -0.1) is 0 Å². The van der Waals surface area contributed by atoms with Gasteiger partial charge in [-0.05, 0) is 47.5 Å². The van der Waals surface area contributed by atoms with Gasteiger partial charge >= 0.3 is 0 Å². The second kappa shape index (κ2) is 9.31. The van der Waals surface area contributed by atoms with Crippen molar-refractivity contribution in [1.29, 1.82) is 0 Å². The fourth-order valence-corrected chi connectivity index (χ4v) is 3.55. The van der Waals surface area contributed by atoms with Crippen molar-refractivity contribution >= 4 is 22.0 Å². The van der Waals surface area contributed by atoms with Crippen molar-refractivity contribution in [2.45, 2.75) is 18.0 Å². The van der Waals surface area contributed by atoms with Gasteiger partial charge in [0, 0.05) is 32.1 Å². The fraction of sp³-hybridized carbons (Fsp3) is 0.143. The molecule has 3 aromatic rings. The minimum Gasteiger partial charge on any atom is -0.468 e. The highest BCUT2D eigenvalue weighted by Crippen LogP contribution is 2.13. The van der Waals surface area contributed by atoms with E-state index in [0.29, 0.717) is 12.3 Å². The van der Waals surface area contributed by atoms with Crippen LogP contribution in [0.3, 0.4) is 0 Å². The molecule has 0 atom stereocenters. The first-order valence-corrected chi connectivity index (χ1v) is 10.4. The van der Waals surface area contributed by atoms with E-state index in [1.54, 1.807) is 54.7 Å². The van der Waals surface area contributed by atoms with E-state index in [2.05, 4.69) is 9.71 Å². The lowest BCUT2D eigenvalue weighted by molar-refractivity contribution is -0.125. The Balaban J connectivity index is 1.58. The molecule has 0 fully saturated rings. The van der Waals surface area contributed by atoms with Crippen LogP contribution < -0.4 is 4.72 Å². The Bertz CT molecular complexity index is 1060. The molecule has 1 amide bonds. The maximum absolute atomic E-state index is 12.3. The minimum atomic E-state index is -3.65. The van der Waals surface area contributed by atoms with Crippen LogP contribution in [0.1, 0.15) is 16.9 Å². The Labute approximate surface area is 169 Å². The standard InChI is InChI=1S/C21H21N3O4S/c1-24(16-18-4-2-12-22-14-18)21(25)11-8-17-6-9-20(10-7-17)29(26,27)23-15-19-5-3-13-28-19/h2-14,23H,15-16H2,1H3/b11-8+. The van der Waals surface area contributed by atoms with Gasteiger partial charge in [-0.25, -0.2) is 13.1 Å². The number of nitrogens with zero attached hydrogens (tertiary/aromatic N) is 2. The Morgan fingerprint density at radius 1 is 1.17 bits per heavy atom. The highest BCUT2D eigenvalue weighted by atomic mass is 32.2. The summed E-state index contributed by atoms with van der Waals surface area (Å²) in [6.07, 6.45) is 7.98. The number of nitrogens with one attached hydrogen (secondary N) is 1. The van der Waals surface area contributed by atoms with Gasteiger partial charge in [-0.3, -0.25) is 9.78 Å². The minimum absolute atomic E-state index is 0.0781. The molecular weight excluding hydrogens is 390 g/mol. The summed E-state index contributed by atoms with van der Waals surface area (Å²) in [5, 5.41) is 0. The van der Waals surface area contributed by atoms with Gasteiger partial charge in [-0.2, -0.15) is 0 Å². The van der Waals surface area contributed by atoms with Crippen LogP contribution in [-0.2, 0) is 27.9 Å². The van der Waals surface area contributed by atoms with Crippen LogP contribution in [0, 0.1) is 0 Å². The van der Waals surface area contributed by atoms with Crippen LogP contribution in [0.15, 0.2) is 82.6 Å². The molecular formula is C21H21N3O4S. The number of furan rings is 1. The third-order valence-electron chi connectivity index (χ3n) is 4.14. The van der Waals surface area contributed by atoms with Gasteiger partial charge in [0.1, 0.15) is 5.76 Å². The van der Waals surface area contributed by atoms with E-state index in [0.717, 1.165) is 11.1 Å². The topological polar surface area (TPSA) is 92.5 Å². The highest BCUT2D eigenvalue weighted by Gasteiger charge is 2.14. The van der Waals surface area contributed by atoms with E-state index in [9.17, 15) is 13.2 Å². The average molecular weight is 411 g/mol. The molecule has 0 radical (unpaired) electrons. The number of hydrogen-bond donors (Lipinski definition) is 1. The number of sulfonamides is 1. The molecule has 2 aromatic heterocycles. The lowest BCUT2D eigenvalue weighted by Crippen LogP contribution is -2.24. The van der Waals surface area contributed by atoms with E-state index < -0.39 is 10.0 Å². The van der Waals surface area contributed by atoms with Crippen LogP contribution in [-0.4, -0.2) is 31.3 Å². The van der Waals surface area contributed by atoms with Crippen molar-refractivity contribution in [3.05, 3.63) is 90.2 Å². The number of rotatable bonds is 8.